The van der Waals surface area contributed by atoms with Crippen LogP contribution in [0.4, 0.5) is 0 Å². The maximum absolute atomic E-state index is 12.4. The monoisotopic (exact) mass is 426 g/mol. The number of carbonyl (C=O) groups excluding carboxylic acids is 1. The van der Waals surface area contributed by atoms with E-state index < -0.39 is 0 Å². The minimum Gasteiger partial charge on any atom is -0.368 e. The third-order valence-electron chi connectivity index (χ3n) is 7.85. The number of allylic oxidation sites excluding steroid dienone is 8. The summed E-state index contributed by atoms with van der Waals surface area (Å²) in [5, 5.41) is 3.36. The molecule has 6 atom stereocenters. The lowest BCUT2D eigenvalue weighted by atomic mass is 9.87. The highest BCUT2D eigenvalue weighted by atomic mass is 16.1. The third kappa shape index (κ3) is 3.45. The summed E-state index contributed by atoms with van der Waals surface area (Å²) in [5.41, 5.74) is 12.9. The summed E-state index contributed by atoms with van der Waals surface area (Å²) in [6.45, 7) is 2.26. The van der Waals surface area contributed by atoms with Gasteiger partial charge in [-0.15, -0.1) is 0 Å². The van der Waals surface area contributed by atoms with Gasteiger partial charge in [0, 0.05) is 18.5 Å². The molecule has 2 heterocycles. The second kappa shape index (κ2) is 7.89. The lowest BCUT2D eigenvalue weighted by Crippen LogP contribution is -2.30. The van der Waals surface area contributed by atoms with E-state index in [-0.39, 0.29) is 24.0 Å². The van der Waals surface area contributed by atoms with Gasteiger partial charge in [0.05, 0.1) is 24.5 Å². The minimum absolute atomic E-state index is 0.199. The van der Waals surface area contributed by atoms with Crippen molar-refractivity contribution in [3.05, 3.63) is 82.7 Å². The Labute approximate surface area is 189 Å². The van der Waals surface area contributed by atoms with Crippen molar-refractivity contribution in [2.24, 2.45) is 22.7 Å². The van der Waals surface area contributed by atoms with Crippen molar-refractivity contribution in [2.75, 3.05) is 0 Å². The van der Waals surface area contributed by atoms with Crippen LogP contribution >= 0.6 is 0 Å². The van der Waals surface area contributed by atoms with Crippen molar-refractivity contribution >= 4 is 12.1 Å². The zero-order valence-electron chi connectivity index (χ0n) is 18.4. The normalized spacial score (nSPS) is 36.8. The van der Waals surface area contributed by atoms with Crippen molar-refractivity contribution in [1.82, 2.24) is 16.2 Å². The van der Waals surface area contributed by atoms with Crippen LogP contribution in [0.1, 0.15) is 32.6 Å². The quantitative estimate of drug-likeness (QED) is 0.643. The number of rotatable bonds is 4. The van der Waals surface area contributed by atoms with Gasteiger partial charge in [-0.05, 0) is 53.4 Å². The molecule has 0 spiro atoms. The molecule has 0 aromatic heterocycles. The number of fused-ring (bicyclic) bond motifs is 3. The number of carbonyl (C=O) groups is 1. The van der Waals surface area contributed by atoms with Crippen LogP contribution in [0.15, 0.2) is 87.7 Å². The van der Waals surface area contributed by atoms with Crippen molar-refractivity contribution in [3.63, 3.8) is 0 Å². The molecule has 6 unspecified atom stereocenters. The fourth-order valence-corrected chi connectivity index (χ4v) is 5.92. The van der Waals surface area contributed by atoms with Gasteiger partial charge in [0.2, 0.25) is 0 Å². The van der Waals surface area contributed by atoms with Crippen LogP contribution in [0.5, 0.6) is 0 Å². The van der Waals surface area contributed by atoms with Gasteiger partial charge < -0.3 is 10.7 Å². The Bertz CT molecular complexity index is 1080. The molecular weight excluding hydrogens is 396 g/mol. The molecule has 0 amide bonds. The van der Waals surface area contributed by atoms with E-state index in [1.165, 1.54) is 27.9 Å². The van der Waals surface area contributed by atoms with E-state index in [0.29, 0.717) is 17.6 Å². The summed E-state index contributed by atoms with van der Waals surface area (Å²) in [7, 11) is 0. The Kier molecular flexibility index (Phi) is 4.87. The van der Waals surface area contributed by atoms with E-state index in [4.69, 9.17) is 0 Å². The number of nitrogens with zero attached hydrogens (tertiary/aromatic N) is 1. The van der Waals surface area contributed by atoms with Crippen molar-refractivity contribution < 1.29 is 4.79 Å². The van der Waals surface area contributed by atoms with Crippen molar-refractivity contribution in [2.45, 2.75) is 50.7 Å². The highest BCUT2D eigenvalue weighted by Crippen LogP contribution is 2.47. The number of hydrazine groups is 1. The third-order valence-corrected chi connectivity index (χ3v) is 7.85. The maximum atomic E-state index is 12.4. The Morgan fingerprint density at radius 3 is 3.09 bits per heavy atom. The molecule has 5 heteroatoms. The highest BCUT2D eigenvalue weighted by Gasteiger charge is 2.41. The first kappa shape index (κ1) is 19.7. The van der Waals surface area contributed by atoms with E-state index in [2.05, 4.69) is 76.7 Å². The predicted octanol–water partition coefficient (Wildman–Crippen LogP) is 3.59. The number of nitrogens with one attached hydrogen (secondary N) is 3. The molecule has 0 aromatic rings. The maximum Gasteiger partial charge on any atom is 0.136 e. The SMILES string of the molecule is CC(/C=C\C(C1=CC2NC=NC2C=C1)=C1\CC2CCC(=O)C2C1)C1=CC2=CNNC2C=C1. The summed E-state index contributed by atoms with van der Waals surface area (Å²) in [5.74, 6) is 1.57. The van der Waals surface area contributed by atoms with E-state index in [1.54, 1.807) is 0 Å². The Balaban J connectivity index is 1.30. The number of hydrogen-bond acceptors (Lipinski definition) is 5. The van der Waals surface area contributed by atoms with Gasteiger partial charge >= 0.3 is 0 Å². The van der Waals surface area contributed by atoms with Gasteiger partial charge in [0.1, 0.15) is 5.78 Å². The molecule has 2 saturated carbocycles. The van der Waals surface area contributed by atoms with E-state index >= 15 is 0 Å². The smallest absolute Gasteiger partial charge is 0.136 e. The number of Topliss-reactive ketones (excluding diaryl/α,β-unsaturated/α-hetero) is 1. The van der Waals surface area contributed by atoms with Gasteiger partial charge in [-0.2, -0.15) is 0 Å². The average Bonchev–Trinajstić information content (AvgIpc) is 3.59. The standard InChI is InChI=1S/C27H30N4O/c1-16(17-3-7-24-21(10-17)14-30-31-24)2-6-22(19-4-8-25-26(13-19)29-15-28-25)20-11-18-5-9-27(32)23(18)12-20/h2-4,6-8,10,13-16,18,23-26,30-31H,5,9,11-12H2,1H3,(H,28,29)/b6-2-,22-20+. The number of hydrogen-bond donors (Lipinski definition) is 3. The van der Waals surface area contributed by atoms with Gasteiger partial charge in [-0.3, -0.25) is 9.79 Å². The molecular formula is C27H30N4O. The van der Waals surface area contributed by atoms with E-state index in [9.17, 15) is 4.79 Å². The van der Waals surface area contributed by atoms with Crippen LogP contribution in [0.3, 0.4) is 0 Å². The lowest BCUT2D eigenvalue weighted by molar-refractivity contribution is -0.120. The Morgan fingerprint density at radius 1 is 1.25 bits per heavy atom. The lowest BCUT2D eigenvalue weighted by Gasteiger charge is -2.21. The number of ketones is 1. The minimum atomic E-state index is 0.199. The molecule has 32 heavy (non-hydrogen) atoms. The topological polar surface area (TPSA) is 65.5 Å². The van der Waals surface area contributed by atoms with E-state index in [0.717, 1.165) is 25.7 Å². The molecule has 6 rings (SSSR count). The molecule has 6 aliphatic rings. The fourth-order valence-electron chi connectivity index (χ4n) is 5.92. The van der Waals surface area contributed by atoms with Gasteiger partial charge in [0.25, 0.3) is 0 Å². The Morgan fingerprint density at radius 2 is 2.19 bits per heavy atom. The molecule has 5 nitrogen and oxygen atoms in total. The van der Waals surface area contributed by atoms with Crippen LogP contribution < -0.4 is 16.2 Å². The van der Waals surface area contributed by atoms with Crippen LogP contribution in [-0.2, 0) is 4.79 Å². The van der Waals surface area contributed by atoms with E-state index in [1.807, 2.05) is 12.5 Å². The first-order valence-corrected chi connectivity index (χ1v) is 11.9. The summed E-state index contributed by atoms with van der Waals surface area (Å²) in [6.07, 6.45) is 25.8. The van der Waals surface area contributed by atoms with Gasteiger partial charge in [-0.25, -0.2) is 5.43 Å². The molecule has 2 fully saturated rings. The van der Waals surface area contributed by atoms with Gasteiger partial charge in [0.15, 0.2) is 0 Å². The molecule has 2 aliphatic heterocycles. The predicted molar refractivity (Wildman–Crippen MR) is 128 cm³/mol. The zero-order chi connectivity index (χ0) is 21.7. The van der Waals surface area contributed by atoms with Crippen LogP contribution in [0.25, 0.3) is 0 Å². The van der Waals surface area contributed by atoms with Crippen molar-refractivity contribution in [1.29, 1.82) is 0 Å². The van der Waals surface area contributed by atoms with Crippen LogP contribution in [-0.4, -0.2) is 30.2 Å². The molecule has 4 aliphatic carbocycles. The largest absolute Gasteiger partial charge is 0.368 e. The fraction of sp³-hybridized carbons (Fsp3) is 0.407. The first-order chi connectivity index (χ1) is 15.7. The highest BCUT2D eigenvalue weighted by molar-refractivity contribution is 5.84. The van der Waals surface area contributed by atoms with Crippen LogP contribution in [0.2, 0.25) is 0 Å². The first-order valence-electron chi connectivity index (χ1n) is 11.9. The molecule has 3 N–H and O–H groups in total. The second-order valence-electron chi connectivity index (χ2n) is 9.80. The van der Waals surface area contributed by atoms with Gasteiger partial charge in [-0.1, -0.05) is 61.1 Å². The molecule has 0 bridgehead atoms. The average molecular weight is 427 g/mol. The van der Waals surface area contributed by atoms with Crippen molar-refractivity contribution in [3.8, 4) is 0 Å². The molecule has 0 radical (unpaired) electrons. The summed E-state index contributed by atoms with van der Waals surface area (Å²) in [6, 6.07) is 0.702. The van der Waals surface area contributed by atoms with Crippen LogP contribution in [0, 0.1) is 17.8 Å². The molecule has 0 saturated heterocycles. The summed E-state index contributed by atoms with van der Waals surface area (Å²) >= 11 is 0. The second-order valence-corrected chi connectivity index (χ2v) is 9.80. The Hall–Kier alpha value is -2.92. The molecule has 164 valence electrons. The summed E-state index contributed by atoms with van der Waals surface area (Å²) in [4.78, 5) is 16.9. The molecule has 0 aromatic carbocycles. The zero-order valence-corrected chi connectivity index (χ0v) is 18.4. The summed E-state index contributed by atoms with van der Waals surface area (Å²) < 4.78 is 0. The number of aliphatic imine (C=N–C) groups is 1.